The first-order chi connectivity index (χ1) is 14.9. The Morgan fingerprint density at radius 1 is 1.31 bits per heavy atom. The topological polar surface area (TPSA) is 29.5 Å². The quantitative estimate of drug-likeness (QED) is 0.306. The van der Waals surface area contributed by atoms with E-state index in [1.807, 2.05) is 6.92 Å². The predicted octanol–water partition coefficient (Wildman–Crippen LogP) is 8.68. The van der Waals surface area contributed by atoms with Crippen LogP contribution in [0.25, 0.3) is 0 Å². The summed E-state index contributed by atoms with van der Waals surface area (Å²) in [6.45, 7) is 19.5. The summed E-state index contributed by atoms with van der Waals surface area (Å²) in [4.78, 5) is 0. The smallest absolute Gasteiger partial charge is 0.106 e. The van der Waals surface area contributed by atoms with E-state index in [-0.39, 0.29) is 5.60 Å². The highest BCUT2D eigenvalue weighted by molar-refractivity contribution is 5.31. The Labute approximate surface area is 198 Å². The predicted molar refractivity (Wildman–Crippen MR) is 139 cm³/mol. The van der Waals surface area contributed by atoms with Crippen molar-refractivity contribution in [2.24, 2.45) is 17.8 Å². The van der Waals surface area contributed by atoms with Crippen molar-refractivity contribution in [1.29, 1.82) is 0 Å². The van der Waals surface area contributed by atoms with E-state index in [1.54, 1.807) is 0 Å². The van der Waals surface area contributed by atoms with Gasteiger partial charge in [0.05, 0.1) is 5.60 Å². The number of hydrogen-bond acceptors (Lipinski definition) is 2. The largest absolute Gasteiger partial charge is 0.491 e. The number of ether oxygens (including phenoxy) is 1. The van der Waals surface area contributed by atoms with E-state index in [2.05, 4.69) is 66.3 Å². The zero-order valence-corrected chi connectivity index (χ0v) is 22.1. The van der Waals surface area contributed by atoms with Crippen molar-refractivity contribution in [3.05, 3.63) is 47.3 Å². The molecular formula is C30H50O2. The van der Waals surface area contributed by atoms with Crippen LogP contribution in [0.3, 0.4) is 0 Å². The minimum Gasteiger partial charge on any atom is -0.491 e. The summed E-state index contributed by atoms with van der Waals surface area (Å²) in [5.41, 5.74) is 3.51. The van der Waals surface area contributed by atoms with Gasteiger partial charge in [-0.2, -0.15) is 0 Å². The second-order valence-corrected chi connectivity index (χ2v) is 11.5. The van der Waals surface area contributed by atoms with Gasteiger partial charge in [0.25, 0.3) is 0 Å². The average molecular weight is 443 g/mol. The first kappa shape index (κ1) is 27.0. The van der Waals surface area contributed by atoms with Gasteiger partial charge in [-0.3, -0.25) is 0 Å². The lowest BCUT2D eigenvalue weighted by atomic mass is 9.80. The molecule has 0 spiro atoms. The second kappa shape index (κ2) is 11.7. The van der Waals surface area contributed by atoms with E-state index in [9.17, 15) is 5.11 Å². The maximum Gasteiger partial charge on any atom is 0.106 e. The SMILES string of the molecule is C=C(C)C(C)CCCC(C)(O)CCC/C(C)=C/CCC1(C)CCC2=C(O1)C(C)C(C)C=C2. The van der Waals surface area contributed by atoms with Crippen LogP contribution in [0, 0.1) is 17.8 Å². The number of allylic oxidation sites excluding steroid dienone is 7. The summed E-state index contributed by atoms with van der Waals surface area (Å²) in [7, 11) is 0. The highest BCUT2D eigenvalue weighted by atomic mass is 16.5. The lowest BCUT2D eigenvalue weighted by Crippen LogP contribution is -2.35. The number of aliphatic hydroxyl groups is 1. The maximum atomic E-state index is 10.7. The summed E-state index contributed by atoms with van der Waals surface area (Å²) >= 11 is 0. The molecule has 0 aromatic carbocycles. The van der Waals surface area contributed by atoms with Crippen LogP contribution in [0.15, 0.2) is 47.3 Å². The molecule has 182 valence electrons. The molecule has 2 rings (SSSR count). The van der Waals surface area contributed by atoms with Gasteiger partial charge in [0.1, 0.15) is 11.4 Å². The molecule has 0 saturated heterocycles. The van der Waals surface area contributed by atoms with E-state index in [1.165, 1.54) is 22.5 Å². The van der Waals surface area contributed by atoms with Gasteiger partial charge < -0.3 is 9.84 Å². The van der Waals surface area contributed by atoms with Crippen molar-refractivity contribution in [3.8, 4) is 0 Å². The van der Waals surface area contributed by atoms with Crippen LogP contribution in [-0.4, -0.2) is 16.3 Å². The van der Waals surface area contributed by atoms with Crippen LogP contribution in [0.5, 0.6) is 0 Å². The molecule has 0 bridgehead atoms. The number of rotatable bonds is 12. The molecule has 0 fully saturated rings. The van der Waals surface area contributed by atoms with E-state index in [0.717, 1.165) is 64.2 Å². The summed E-state index contributed by atoms with van der Waals surface area (Å²) in [6, 6.07) is 0. The molecule has 0 saturated carbocycles. The molecule has 0 radical (unpaired) electrons. The Kier molecular flexibility index (Phi) is 9.88. The molecule has 0 aromatic heterocycles. The van der Waals surface area contributed by atoms with Crippen molar-refractivity contribution >= 4 is 0 Å². The summed E-state index contributed by atoms with van der Waals surface area (Å²) in [5.74, 6) is 2.85. The molecule has 2 aliphatic rings. The third kappa shape index (κ3) is 8.25. The van der Waals surface area contributed by atoms with Gasteiger partial charge in [-0.25, -0.2) is 0 Å². The fraction of sp³-hybridized carbons (Fsp3) is 0.733. The van der Waals surface area contributed by atoms with Crippen LogP contribution in [0.2, 0.25) is 0 Å². The lowest BCUT2D eigenvalue weighted by molar-refractivity contribution is -0.0261. The van der Waals surface area contributed by atoms with Crippen LogP contribution < -0.4 is 0 Å². The number of hydrogen-bond donors (Lipinski definition) is 1. The molecule has 1 aliphatic carbocycles. The Morgan fingerprint density at radius 2 is 2.00 bits per heavy atom. The standard InChI is InChI=1S/C30H50O2/c1-22(2)24(4)14-11-19-29(7,31)18-9-12-23(3)13-10-20-30(8)21-17-27-16-15-25(5)26(6)28(27)32-30/h13,15-16,24-26,31H,1,9-12,14,17-21H2,2-8H3/b23-13+. The summed E-state index contributed by atoms with van der Waals surface area (Å²) < 4.78 is 6.60. The van der Waals surface area contributed by atoms with E-state index in [4.69, 9.17) is 4.74 Å². The van der Waals surface area contributed by atoms with Crippen molar-refractivity contribution in [1.82, 2.24) is 0 Å². The maximum absolute atomic E-state index is 10.7. The lowest BCUT2D eigenvalue weighted by Gasteiger charge is -2.41. The monoisotopic (exact) mass is 442 g/mol. The molecule has 0 amide bonds. The average Bonchev–Trinajstić information content (AvgIpc) is 2.70. The van der Waals surface area contributed by atoms with Gasteiger partial charge in [-0.15, -0.1) is 0 Å². The van der Waals surface area contributed by atoms with Crippen LogP contribution in [-0.2, 0) is 4.74 Å². The van der Waals surface area contributed by atoms with Gasteiger partial charge in [-0.1, -0.05) is 63.1 Å². The molecule has 2 nitrogen and oxygen atoms in total. The minimum atomic E-state index is -0.549. The normalized spacial score (nSPS) is 28.7. The van der Waals surface area contributed by atoms with Crippen LogP contribution in [0.4, 0.5) is 0 Å². The third-order valence-electron chi connectivity index (χ3n) is 8.05. The zero-order chi connectivity index (χ0) is 23.9. The summed E-state index contributed by atoms with van der Waals surface area (Å²) in [5, 5.41) is 10.7. The van der Waals surface area contributed by atoms with Gasteiger partial charge in [0.2, 0.25) is 0 Å². The third-order valence-corrected chi connectivity index (χ3v) is 8.05. The first-order valence-electron chi connectivity index (χ1n) is 13.1. The van der Waals surface area contributed by atoms with Crippen molar-refractivity contribution in [2.75, 3.05) is 0 Å². The Hall–Kier alpha value is -1.28. The van der Waals surface area contributed by atoms with Crippen LogP contribution in [0.1, 0.15) is 113 Å². The Morgan fingerprint density at radius 3 is 2.69 bits per heavy atom. The Balaban J connectivity index is 1.71. The summed E-state index contributed by atoms with van der Waals surface area (Å²) in [6.07, 6.45) is 17.5. The van der Waals surface area contributed by atoms with Gasteiger partial charge in [0, 0.05) is 5.92 Å². The molecular weight excluding hydrogens is 392 g/mol. The van der Waals surface area contributed by atoms with Crippen molar-refractivity contribution in [2.45, 2.75) is 124 Å². The van der Waals surface area contributed by atoms with Gasteiger partial charge in [-0.05, 0) is 103 Å². The van der Waals surface area contributed by atoms with Crippen molar-refractivity contribution < 1.29 is 9.84 Å². The van der Waals surface area contributed by atoms with Gasteiger partial charge in [0.15, 0.2) is 0 Å². The minimum absolute atomic E-state index is 0.0423. The fourth-order valence-corrected chi connectivity index (χ4v) is 4.94. The Bertz CT molecular complexity index is 723. The molecule has 1 N–H and O–H groups in total. The zero-order valence-electron chi connectivity index (χ0n) is 22.1. The molecule has 5 unspecified atom stereocenters. The highest BCUT2D eigenvalue weighted by Crippen LogP contribution is 2.42. The second-order valence-electron chi connectivity index (χ2n) is 11.5. The molecule has 2 heteroatoms. The molecule has 1 aliphatic heterocycles. The van der Waals surface area contributed by atoms with Crippen LogP contribution >= 0.6 is 0 Å². The van der Waals surface area contributed by atoms with E-state index < -0.39 is 5.60 Å². The van der Waals surface area contributed by atoms with E-state index in [0.29, 0.717) is 17.8 Å². The highest BCUT2D eigenvalue weighted by Gasteiger charge is 2.36. The molecule has 1 heterocycles. The van der Waals surface area contributed by atoms with E-state index >= 15 is 0 Å². The molecule has 32 heavy (non-hydrogen) atoms. The first-order valence-corrected chi connectivity index (χ1v) is 13.1. The van der Waals surface area contributed by atoms with Gasteiger partial charge >= 0.3 is 0 Å². The fourth-order valence-electron chi connectivity index (χ4n) is 4.94. The molecule has 5 atom stereocenters. The molecule has 0 aromatic rings. The van der Waals surface area contributed by atoms with Crippen molar-refractivity contribution in [3.63, 3.8) is 0 Å².